The minimum absolute atomic E-state index is 0.268. The van der Waals surface area contributed by atoms with Gasteiger partial charge in [0.25, 0.3) is 0 Å². The maximum Gasteiger partial charge on any atom is 0.118 e. The van der Waals surface area contributed by atoms with E-state index in [4.69, 9.17) is 21.6 Å². The van der Waals surface area contributed by atoms with Crippen molar-refractivity contribution in [1.82, 2.24) is 0 Å². The van der Waals surface area contributed by atoms with Gasteiger partial charge in [-0.2, -0.15) is 5.26 Å². The molecule has 0 amide bonds. The van der Waals surface area contributed by atoms with Crippen molar-refractivity contribution in [3.8, 4) is 11.8 Å². The normalized spacial score (nSPS) is 18.4. The number of methoxy groups -OCH3 is 1. The van der Waals surface area contributed by atoms with E-state index in [2.05, 4.69) is 48.5 Å². The quantitative estimate of drug-likeness (QED) is 0.508. The predicted molar refractivity (Wildman–Crippen MR) is 114 cm³/mol. The molecular weight excluding hydrogens is 366 g/mol. The summed E-state index contributed by atoms with van der Waals surface area (Å²) in [6.07, 6.45) is 3.32. The van der Waals surface area contributed by atoms with Crippen LogP contribution in [-0.4, -0.2) is 7.11 Å². The summed E-state index contributed by atoms with van der Waals surface area (Å²) in [6.45, 7) is 0. The molecule has 4 rings (SSSR count). The summed E-state index contributed by atoms with van der Waals surface area (Å²) in [4.78, 5) is 0. The first-order valence-corrected chi connectivity index (χ1v) is 9.66. The average Bonchev–Trinajstić information content (AvgIpc) is 3.20. The second kappa shape index (κ2) is 7.92. The molecule has 3 aromatic rings. The lowest BCUT2D eigenvalue weighted by molar-refractivity contribution is 0.414. The molecule has 1 aliphatic rings. The Morgan fingerprint density at radius 1 is 0.893 bits per heavy atom. The van der Waals surface area contributed by atoms with E-state index >= 15 is 0 Å². The average molecular weight is 386 g/mol. The van der Waals surface area contributed by atoms with Gasteiger partial charge in [0.05, 0.1) is 18.7 Å². The Bertz CT molecular complexity index is 1030. The van der Waals surface area contributed by atoms with E-state index in [1.54, 1.807) is 7.11 Å². The zero-order valence-corrected chi connectivity index (χ0v) is 16.4. The van der Waals surface area contributed by atoms with E-state index in [1.165, 1.54) is 22.3 Å². The SMILES string of the molecule is COc1ccc([C@H]2C=C(c3ccc(Cl)cc3)C[C@@H]2c2ccc(C#N)cc2)cc1. The number of hydrogen-bond acceptors (Lipinski definition) is 2. The van der Waals surface area contributed by atoms with Gasteiger partial charge in [-0.05, 0) is 71.0 Å². The molecular formula is C25H20ClNO. The van der Waals surface area contributed by atoms with Gasteiger partial charge in [-0.15, -0.1) is 0 Å². The van der Waals surface area contributed by atoms with Crippen LogP contribution in [0.4, 0.5) is 0 Å². The molecule has 28 heavy (non-hydrogen) atoms. The van der Waals surface area contributed by atoms with Gasteiger partial charge in [-0.3, -0.25) is 0 Å². The van der Waals surface area contributed by atoms with Crippen LogP contribution >= 0.6 is 11.6 Å². The number of rotatable bonds is 4. The van der Waals surface area contributed by atoms with Gasteiger partial charge in [-0.1, -0.05) is 54.1 Å². The fourth-order valence-electron chi connectivity index (χ4n) is 3.93. The lowest BCUT2D eigenvalue weighted by Gasteiger charge is -2.20. The lowest BCUT2D eigenvalue weighted by Crippen LogP contribution is -2.05. The molecule has 0 N–H and O–H groups in total. The van der Waals surface area contributed by atoms with Crippen LogP contribution in [0.5, 0.6) is 5.75 Å². The van der Waals surface area contributed by atoms with Gasteiger partial charge >= 0.3 is 0 Å². The molecule has 0 aliphatic heterocycles. The Balaban J connectivity index is 1.72. The molecule has 0 heterocycles. The Labute approximate surface area is 170 Å². The molecule has 2 nitrogen and oxygen atoms in total. The number of benzene rings is 3. The Hall–Kier alpha value is -3.02. The molecule has 0 saturated heterocycles. The van der Waals surface area contributed by atoms with Crippen LogP contribution in [0.25, 0.3) is 5.57 Å². The first-order valence-electron chi connectivity index (χ1n) is 9.28. The first kappa shape index (κ1) is 18.3. The van der Waals surface area contributed by atoms with Crippen molar-refractivity contribution in [1.29, 1.82) is 5.26 Å². The molecule has 0 aromatic heterocycles. The second-order valence-corrected chi connectivity index (χ2v) is 7.48. The Morgan fingerprint density at radius 3 is 2.14 bits per heavy atom. The molecule has 0 bridgehead atoms. The molecule has 0 fully saturated rings. The smallest absolute Gasteiger partial charge is 0.118 e. The van der Waals surface area contributed by atoms with Crippen LogP contribution in [0.2, 0.25) is 5.02 Å². The van der Waals surface area contributed by atoms with E-state index < -0.39 is 0 Å². The number of hydrogen-bond donors (Lipinski definition) is 0. The second-order valence-electron chi connectivity index (χ2n) is 7.04. The van der Waals surface area contributed by atoms with Crippen molar-refractivity contribution in [2.75, 3.05) is 7.11 Å². The van der Waals surface area contributed by atoms with Crippen LogP contribution < -0.4 is 4.74 Å². The van der Waals surface area contributed by atoms with E-state index in [0.717, 1.165) is 17.2 Å². The van der Waals surface area contributed by atoms with Crippen molar-refractivity contribution < 1.29 is 4.74 Å². The highest BCUT2D eigenvalue weighted by Gasteiger charge is 2.30. The summed E-state index contributed by atoms with van der Waals surface area (Å²) in [5.74, 6) is 1.45. The van der Waals surface area contributed by atoms with Crippen LogP contribution in [0, 0.1) is 11.3 Å². The Kier molecular flexibility index (Phi) is 5.19. The van der Waals surface area contributed by atoms with Crippen molar-refractivity contribution in [2.24, 2.45) is 0 Å². The van der Waals surface area contributed by atoms with Crippen molar-refractivity contribution in [3.63, 3.8) is 0 Å². The van der Waals surface area contributed by atoms with Crippen molar-refractivity contribution in [3.05, 3.63) is 106 Å². The molecule has 2 atom stereocenters. The molecule has 138 valence electrons. The first-order chi connectivity index (χ1) is 13.7. The van der Waals surface area contributed by atoms with Gasteiger partial charge in [0, 0.05) is 10.9 Å². The fourth-order valence-corrected chi connectivity index (χ4v) is 4.05. The zero-order chi connectivity index (χ0) is 19.5. The fraction of sp³-hybridized carbons (Fsp3) is 0.160. The number of ether oxygens (including phenoxy) is 1. The monoisotopic (exact) mass is 385 g/mol. The predicted octanol–water partition coefficient (Wildman–Crippen LogP) is 6.57. The minimum atomic E-state index is 0.268. The maximum absolute atomic E-state index is 9.10. The van der Waals surface area contributed by atoms with E-state index in [1.807, 2.05) is 36.4 Å². The zero-order valence-electron chi connectivity index (χ0n) is 15.6. The number of allylic oxidation sites excluding steroid dienone is 2. The lowest BCUT2D eigenvalue weighted by atomic mass is 9.83. The highest BCUT2D eigenvalue weighted by Crippen LogP contribution is 2.48. The highest BCUT2D eigenvalue weighted by atomic mass is 35.5. The van der Waals surface area contributed by atoms with Crippen LogP contribution in [0.15, 0.2) is 78.9 Å². The van der Waals surface area contributed by atoms with Gasteiger partial charge < -0.3 is 4.74 Å². The van der Waals surface area contributed by atoms with Crippen molar-refractivity contribution in [2.45, 2.75) is 18.3 Å². The third-order valence-electron chi connectivity index (χ3n) is 5.44. The van der Waals surface area contributed by atoms with E-state index in [9.17, 15) is 0 Å². The molecule has 3 heteroatoms. The molecule has 1 aliphatic carbocycles. The van der Waals surface area contributed by atoms with Gasteiger partial charge in [-0.25, -0.2) is 0 Å². The van der Waals surface area contributed by atoms with Crippen LogP contribution in [0.1, 0.15) is 40.5 Å². The summed E-state index contributed by atoms with van der Waals surface area (Å²) >= 11 is 6.07. The minimum Gasteiger partial charge on any atom is -0.497 e. The van der Waals surface area contributed by atoms with Crippen LogP contribution in [0.3, 0.4) is 0 Å². The van der Waals surface area contributed by atoms with Gasteiger partial charge in [0.2, 0.25) is 0 Å². The summed E-state index contributed by atoms with van der Waals surface area (Å²) < 4.78 is 5.31. The number of halogens is 1. The molecule has 0 saturated carbocycles. The molecule has 0 unspecified atom stereocenters. The molecule has 0 radical (unpaired) electrons. The van der Waals surface area contributed by atoms with Gasteiger partial charge in [0.15, 0.2) is 0 Å². The third-order valence-corrected chi connectivity index (χ3v) is 5.69. The summed E-state index contributed by atoms with van der Waals surface area (Å²) in [5.41, 5.74) is 5.73. The summed E-state index contributed by atoms with van der Waals surface area (Å²) in [6, 6.07) is 26.5. The largest absolute Gasteiger partial charge is 0.497 e. The van der Waals surface area contributed by atoms with Crippen LogP contribution in [-0.2, 0) is 0 Å². The van der Waals surface area contributed by atoms with E-state index in [-0.39, 0.29) is 5.92 Å². The summed E-state index contributed by atoms with van der Waals surface area (Å²) in [5, 5.41) is 9.85. The molecule has 3 aromatic carbocycles. The van der Waals surface area contributed by atoms with Gasteiger partial charge in [0.1, 0.15) is 5.75 Å². The van der Waals surface area contributed by atoms with Crippen molar-refractivity contribution >= 4 is 17.2 Å². The summed E-state index contributed by atoms with van der Waals surface area (Å²) in [7, 11) is 1.68. The number of nitrogens with zero attached hydrogens (tertiary/aromatic N) is 1. The maximum atomic E-state index is 9.10. The molecule has 0 spiro atoms. The van der Waals surface area contributed by atoms with E-state index in [0.29, 0.717) is 11.5 Å². The Morgan fingerprint density at radius 2 is 1.54 bits per heavy atom. The topological polar surface area (TPSA) is 33.0 Å². The third kappa shape index (κ3) is 3.67. The standard InChI is InChI=1S/C25H20ClNO/c1-28-23-12-8-20(9-13-23)25-15-21(18-6-10-22(26)11-7-18)14-24(25)19-4-2-17(16-27)3-5-19/h2-13,15,24-25H,14H2,1H3/t24-,25-/m1/s1. The number of nitriles is 1. The highest BCUT2D eigenvalue weighted by molar-refractivity contribution is 6.30.